The number of carbonyl (C=O) groups excluding carboxylic acids is 1. The Morgan fingerprint density at radius 2 is 1.83 bits per heavy atom. The number of sulfonamides is 1. The molecule has 6 nitrogen and oxygen atoms in total. The lowest BCUT2D eigenvalue weighted by Crippen LogP contribution is -2.14. The largest absolute Gasteiger partial charge is 0.495 e. The number of rotatable bonds is 5. The van der Waals surface area contributed by atoms with Crippen molar-refractivity contribution in [1.82, 2.24) is 0 Å². The summed E-state index contributed by atoms with van der Waals surface area (Å²) in [6.45, 7) is 1.34. The molecule has 1 amide bonds. The number of halogens is 2. The van der Waals surface area contributed by atoms with Crippen LogP contribution in [0.2, 0.25) is 10.0 Å². The number of nitrogens with one attached hydrogen (secondary N) is 2. The molecule has 24 heavy (non-hydrogen) atoms. The molecule has 0 fully saturated rings. The first kappa shape index (κ1) is 18.4. The molecular formula is C15H14Cl2N2O4S. The highest BCUT2D eigenvalue weighted by molar-refractivity contribution is 7.92. The van der Waals surface area contributed by atoms with Crippen LogP contribution in [0.25, 0.3) is 0 Å². The lowest BCUT2D eigenvalue weighted by atomic mass is 10.2. The van der Waals surface area contributed by atoms with Gasteiger partial charge in [-0.05, 0) is 36.4 Å². The molecule has 0 aromatic heterocycles. The standard InChI is InChI=1S/C15H14Cl2N2O4S/c1-9(20)18-13-8-11(4-6-14(13)23-2)19-24(21,22)15-7-10(16)3-5-12(15)17/h3-8,19H,1-2H3,(H,18,20). The van der Waals surface area contributed by atoms with Crippen molar-refractivity contribution in [2.75, 3.05) is 17.1 Å². The minimum atomic E-state index is -3.95. The second-order valence-corrected chi connectivity index (χ2v) is 7.27. The molecule has 2 aromatic rings. The van der Waals surface area contributed by atoms with Gasteiger partial charge in [0.1, 0.15) is 10.6 Å². The van der Waals surface area contributed by atoms with E-state index in [1.165, 1.54) is 50.4 Å². The first-order valence-electron chi connectivity index (χ1n) is 6.66. The van der Waals surface area contributed by atoms with Crippen LogP contribution in [-0.2, 0) is 14.8 Å². The maximum atomic E-state index is 12.5. The van der Waals surface area contributed by atoms with Gasteiger partial charge >= 0.3 is 0 Å². The van der Waals surface area contributed by atoms with Crippen LogP contribution < -0.4 is 14.8 Å². The molecule has 0 saturated heterocycles. The molecule has 2 rings (SSSR count). The van der Waals surface area contributed by atoms with Crippen LogP contribution in [0.1, 0.15) is 6.92 Å². The van der Waals surface area contributed by atoms with Gasteiger partial charge in [-0.25, -0.2) is 8.42 Å². The molecule has 0 aliphatic heterocycles. The van der Waals surface area contributed by atoms with Crippen LogP contribution in [0.3, 0.4) is 0 Å². The molecule has 128 valence electrons. The zero-order valence-electron chi connectivity index (χ0n) is 12.8. The molecule has 0 heterocycles. The van der Waals surface area contributed by atoms with Gasteiger partial charge in [0.2, 0.25) is 5.91 Å². The van der Waals surface area contributed by atoms with Gasteiger partial charge in [-0.15, -0.1) is 0 Å². The Bertz CT molecular complexity index is 885. The molecule has 0 unspecified atom stereocenters. The van der Waals surface area contributed by atoms with Gasteiger partial charge in [0, 0.05) is 11.9 Å². The van der Waals surface area contributed by atoms with E-state index in [0.29, 0.717) is 11.4 Å². The van der Waals surface area contributed by atoms with Crippen LogP contribution in [-0.4, -0.2) is 21.4 Å². The Morgan fingerprint density at radius 1 is 1.12 bits per heavy atom. The van der Waals surface area contributed by atoms with Gasteiger partial charge in [0.05, 0.1) is 23.5 Å². The number of carbonyl (C=O) groups is 1. The van der Waals surface area contributed by atoms with Crippen LogP contribution >= 0.6 is 23.2 Å². The summed E-state index contributed by atoms with van der Waals surface area (Å²) in [5.74, 6) is 0.0835. The van der Waals surface area contributed by atoms with Crippen molar-refractivity contribution >= 4 is 50.5 Å². The number of amides is 1. The summed E-state index contributed by atoms with van der Waals surface area (Å²) in [5, 5.41) is 2.85. The molecule has 0 bridgehead atoms. The summed E-state index contributed by atoms with van der Waals surface area (Å²) in [4.78, 5) is 11.1. The van der Waals surface area contributed by atoms with E-state index in [9.17, 15) is 13.2 Å². The Hall–Kier alpha value is -1.96. The van der Waals surface area contributed by atoms with Crippen molar-refractivity contribution in [2.45, 2.75) is 11.8 Å². The van der Waals surface area contributed by atoms with Gasteiger partial charge < -0.3 is 10.1 Å². The van der Waals surface area contributed by atoms with E-state index in [0.717, 1.165) is 0 Å². The Labute approximate surface area is 149 Å². The Balaban J connectivity index is 2.39. The van der Waals surface area contributed by atoms with E-state index in [4.69, 9.17) is 27.9 Å². The normalized spacial score (nSPS) is 11.0. The molecule has 0 aliphatic carbocycles. The van der Waals surface area contributed by atoms with Gasteiger partial charge in [0.15, 0.2) is 0 Å². The maximum absolute atomic E-state index is 12.5. The third-order valence-corrected chi connectivity index (χ3v) is 5.04. The van der Waals surface area contributed by atoms with E-state index in [-0.39, 0.29) is 26.5 Å². The van der Waals surface area contributed by atoms with Crippen molar-refractivity contribution < 1.29 is 17.9 Å². The van der Waals surface area contributed by atoms with E-state index >= 15 is 0 Å². The number of benzene rings is 2. The molecule has 0 radical (unpaired) electrons. The minimum Gasteiger partial charge on any atom is -0.495 e. The highest BCUT2D eigenvalue weighted by Gasteiger charge is 2.19. The highest BCUT2D eigenvalue weighted by atomic mass is 35.5. The maximum Gasteiger partial charge on any atom is 0.263 e. The molecule has 0 saturated carbocycles. The number of hydrogen-bond acceptors (Lipinski definition) is 4. The molecule has 0 spiro atoms. The number of methoxy groups -OCH3 is 1. The van der Waals surface area contributed by atoms with Crippen molar-refractivity contribution in [3.05, 3.63) is 46.4 Å². The summed E-state index contributed by atoms with van der Waals surface area (Å²) in [5.41, 5.74) is 0.568. The highest BCUT2D eigenvalue weighted by Crippen LogP contribution is 2.31. The van der Waals surface area contributed by atoms with Crippen molar-refractivity contribution in [3.63, 3.8) is 0 Å². The molecular weight excluding hydrogens is 375 g/mol. The van der Waals surface area contributed by atoms with Gasteiger partial charge in [0.25, 0.3) is 10.0 Å². The van der Waals surface area contributed by atoms with E-state index in [1.807, 2.05) is 0 Å². The van der Waals surface area contributed by atoms with Crippen LogP contribution in [0.15, 0.2) is 41.3 Å². The average molecular weight is 389 g/mol. The molecule has 0 aliphatic rings. The fourth-order valence-electron chi connectivity index (χ4n) is 1.95. The smallest absolute Gasteiger partial charge is 0.263 e. The van der Waals surface area contributed by atoms with Gasteiger partial charge in [-0.1, -0.05) is 23.2 Å². The van der Waals surface area contributed by atoms with E-state index < -0.39 is 10.0 Å². The molecule has 9 heteroatoms. The minimum absolute atomic E-state index is 0.0440. The van der Waals surface area contributed by atoms with Crippen molar-refractivity contribution in [1.29, 1.82) is 0 Å². The summed E-state index contributed by atoms with van der Waals surface area (Å²) in [7, 11) is -2.51. The summed E-state index contributed by atoms with van der Waals surface area (Å²) in [6, 6.07) is 8.62. The lowest BCUT2D eigenvalue weighted by Gasteiger charge is -2.13. The Kier molecular flexibility index (Phi) is 5.58. The Morgan fingerprint density at radius 3 is 2.46 bits per heavy atom. The quantitative estimate of drug-likeness (QED) is 0.816. The zero-order chi connectivity index (χ0) is 17.9. The second-order valence-electron chi connectivity index (χ2n) is 4.78. The van der Waals surface area contributed by atoms with Crippen LogP contribution in [0.4, 0.5) is 11.4 Å². The fourth-order valence-corrected chi connectivity index (χ4v) is 3.77. The second kappa shape index (κ2) is 7.29. The predicted octanol–water partition coefficient (Wildman–Crippen LogP) is 3.76. The number of ether oxygens (including phenoxy) is 1. The number of anilines is 2. The summed E-state index contributed by atoms with van der Waals surface area (Å²) >= 11 is 11.8. The monoisotopic (exact) mass is 388 g/mol. The lowest BCUT2D eigenvalue weighted by molar-refractivity contribution is -0.114. The van der Waals surface area contributed by atoms with Crippen LogP contribution in [0.5, 0.6) is 5.75 Å². The SMILES string of the molecule is COc1ccc(NS(=O)(=O)c2cc(Cl)ccc2Cl)cc1NC(C)=O. The average Bonchev–Trinajstić information content (AvgIpc) is 2.49. The topological polar surface area (TPSA) is 84.5 Å². The van der Waals surface area contributed by atoms with E-state index in [2.05, 4.69) is 10.0 Å². The van der Waals surface area contributed by atoms with Gasteiger partial charge in [-0.2, -0.15) is 0 Å². The van der Waals surface area contributed by atoms with Crippen molar-refractivity contribution in [2.24, 2.45) is 0 Å². The molecule has 0 atom stereocenters. The third kappa shape index (κ3) is 4.31. The predicted molar refractivity (Wildman–Crippen MR) is 94.6 cm³/mol. The first-order valence-corrected chi connectivity index (χ1v) is 8.90. The van der Waals surface area contributed by atoms with Gasteiger partial charge in [-0.3, -0.25) is 9.52 Å². The van der Waals surface area contributed by atoms with E-state index in [1.54, 1.807) is 0 Å². The first-order chi connectivity index (χ1) is 11.2. The molecule has 2 N–H and O–H groups in total. The fraction of sp³-hybridized carbons (Fsp3) is 0.133. The summed E-state index contributed by atoms with van der Waals surface area (Å²) in [6.07, 6.45) is 0. The number of hydrogen-bond donors (Lipinski definition) is 2. The summed E-state index contributed by atoms with van der Waals surface area (Å²) < 4.78 is 32.5. The molecule has 2 aromatic carbocycles. The third-order valence-electron chi connectivity index (χ3n) is 2.95. The zero-order valence-corrected chi connectivity index (χ0v) is 15.1. The van der Waals surface area contributed by atoms with Crippen molar-refractivity contribution in [3.8, 4) is 5.75 Å². The van der Waals surface area contributed by atoms with Crippen LogP contribution in [0, 0.1) is 0 Å².